The molecule has 0 amide bonds. The predicted molar refractivity (Wildman–Crippen MR) is 104 cm³/mol. The van der Waals surface area contributed by atoms with E-state index in [2.05, 4.69) is 19.2 Å². The molecule has 3 rings (SSSR count). The minimum Gasteiger partial charge on any atom is -0.490 e. The Morgan fingerprint density at radius 2 is 1.72 bits per heavy atom. The van der Waals surface area contributed by atoms with Crippen LogP contribution in [0.3, 0.4) is 0 Å². The van der Waals surface area contributed by atoms with Crippen LogP contribution in [0.5, 0.6) is 5.75 Å². The normalized spacial score (nSPS) is 10.6. The van der Waals surface area contributed by atoms with Gasteiger partial charge < -0.3 is 4.74 Å². The summed E-state index contributed by atoms with van der Waals surface area (Å²) in [6, 6.07) is 17.2. The first kappa shape index (κ1) is 17.0. The van der Waals surface area contributed by atoms with Gasteiger partial charge in [-0.05, 0) is 41.5 Å². The Hall–Kier alpha value is -2.87. The average molecular weight is 332 g/mol. The third-order valence-corrected chi connectivity index (χ3v) is 4.19. The van der Waals surface area contributed by atoms with E-state index in [0.29, 0.717) is 17.6 Å². The summed E-state index contributed by atoms with van der Waals surface area (Å²) in [7, 11) is 0. The molecule has 0 aliphatic rings. The number of benzene rings is 3. The fraction of sp³-hybridized carbons (Fsp3) is 0.130. The largest absolute Gasteiger partial charge is 0.490 e. The lowest BCUT2D eigenvalue weighted by molar-refractivity contribution is 0.363. The highest BCUT2D eigenvalue weighted by molar-refractivity contribution is 5.88. The molecule has 0 atom stereocenters. The lowest BCUT2D eigenvalue weighted by Crippen LogP contribution is -1.93. The van der Waals surface area contributed by atoms with Gasteiger partial charge in [-0.25, -0.2) is 4.39 Å². The molecule has 0 aliphatic carbocycles. The van der Waals surface area contributed by atoms with E-state index in [1.165, 1.54) is 5.56 Å². The standard InChI is InChI=1S/C23H21FO/c1-3-5-6-17-7-13-22-19(16-17)10-14-21(23(22)24)18-8-11-20(12-9-18)25-15-4-2/h3-4,7-14,16H,1-2,5-6,15H2. The zero-order valence-electron chi connectivity index (χ0n) is 14.2. The van der Waals surface area contributed by atoms with E-state index in [4.69, 9.17) is 4.74 Å². The van der Waals surface area contributed by atoms with Crippen molar-refractivity contribution in [1.29, 1.82) is 0 Å². The molecule has 0 spiro atoms. The maximum Gasteiger partial charge on any atom is 0.138 e. The molecule has 3 aromatic rings. The second-order valence-electron chi connectivity index (χ2n) is 5.93. The molecule has 0 saturated heterocycles. The number of fused-ring (bicyclic) bond motifs is 1. The number of ether oxygens (including phenoxy) is 1. The van der Waals surface area contributed by atoms with Crippen LogP contribution in [-0.4, -0.2) is 6.61 Å². The second-order valence-corrected chi connectivity index (χ2v) is 5.93. The van der Waals surface area contributed by atoms with Crippen LogP contribution in [0.15, 0.2) is 79.9 Å². The van der Waals surface area contributed by atoms with Crippen LogP contribution in [0.2, 0.25) is 0 Å². The predicted octanol–water partition coefficient (Wildman–Crippen LogP) is 6.33. The summed E-state index contributed by atoms with van der Waals surface area (Å²) >= 11 is 0. The quantitative estimate of drug-likeness (QED) is 0.459. The van der Waals surface area contributed by atoms with Crippen molar-refractivity contribution in [1.82, 2.24) is 0 Å². The summed E-state index contributed by atoms with van der Waals surface area (Å²) in [6.07, 6.45) is 5.44. The van der Waals surface area contributed by atoms with Gasteiger partial charge in [-0.15, -0.1) is 6.58 Å². The number of hydrogen-bond donors (Lipinski definition) is 0. The van der Waals surface area contributed by atoms with Crippen molar-refractivity contribution in [3.05, 3.63) is 91.3 Å². The summed E-state index contributed by atoms with van der Waals surface area (Å²) in [6.45, 7) is 7.83. The Morgan fingerprint density at radius 3 is 2.44 bits per heavy atom. The Morgan fingerprint density at radius 1 is 0.920 bits per heavy atom. The third-order valence-electron chi connectivity index (χ3n) is 4.19. The Labute approximate surface area is 148 Å². The smallest absolute Gasteiger partial charge is 0.138 e. The van der Waals surface area contributed by atoms with Gasteiger partial charge in [-0.2, -0.15) is 0 Å². The van der Waals surface area contributed by atoms with E-state index in [1.54, 1.807) is 6.08 Å². The first-order valence-electron chi connectivity index (χ1n) is 8.39. The molecule has 0 saturated carbocycles. The minimum absolute atomic E-state index is 0.187. The number of rotatable bonds is 7. The Kier molecular flexibility index (Phi) is 5.30. The van der Waals surface area contributed by atoms with Gasteiger partial charge in [0, 0.05) is 10.9 Å². The summed E-state index contributed by atoms with van der Waals surface area (Å²) in [4.78, 5) is 0. The highest BCUT2D eigenvalue weighted by Gasteiger charge is 2.10. The molecular formula is C23H21FO. The van der Waals surface area contributed by atoms with E-state index < -0.39 is 0 Å². The van der Waals surface area contributed by atoms with Gasteiger partial charge in [0.2, 0.25) is 0 Å². The summed E-state index contributed by atoms with van der Waals surface area (Å²) in [5, 5.41) is 1.57. The zero-order valence-corrected chi connectivity index (χ0v) is 14.2. The van der Waals surface area contributed by atoms with Crippen LogP contribution in [0, 0.1) is 5.82 Å². The lowest BCUT2D eigenvalue weighted by Gasteiger charge is -2.10. The molecule has 0 unspecified atom stereocenters. The first-order chi connectivity index (χ1) is 12.2. The molecule has 126 valence electrons. The number of allylic oxidation sites excluding steroid dienone is 1. The van der Waals surface area contributed by atoms with Crippen molar-refractivity contribution in [3.63, 3.8) is 0 Å². The van der Waals surface area contributed by atoms with Crippen LogP contribution < -0.4 is 4.74 Å². The monoisotopic (exact) mass is 332 g/mol. The average Bonchev–Trinajstić information content (AvgIpc) is 2.65. The van der Waals surface area contributed by atoms with Gasteiger partial charge in [0.25, 0.3) is 0 Å². The fourth-order valence-electron chi connectivity index (χ4n) is 2.87. The molecule has 0 aromatic heterocycles. The van der Waals surface area contributed by atoms with Gasteiger partial charge in [0.15, 0.2) is 0 Å². The van der Waals surface area contributed by atoms with Gasteiger partial charge in [-0.1, -0.05) is 61.2 Å². The van der Waals surface area contributed by atoms with E-state index in [1.807, 2.05) is 54.6 Å². The topological polar surface area (TPSA) is 9.23 Å². The van der Waals surface area contributed by atoms with E-state index in [9.17, 15) is 4.39 Å². The van der Waals surface area contributed by atoms with Crippen molar-refractivity contribution in [2.75, 3.05) is 6.61 Å². The highest BCUT2D eigenvalue weighted by atomic mass is 19.1. The van der Waals surface area contributed by atoms with Gasteiger partial charge in [0.1, 0.15) is 18.2 Å². The van der Waals surface area contributed by atoms with Crippen molar-refractivity contribution in [2.45, 2.75) is 12.8 Å². The first-order valence-corrected chi connectivity index (χ1v) is 8.39. The van der Waals surface area contributed by atoms with Crippen molar-refractivity contribution in [3.8, 4) is 16.9 Å². The molecule has 1 nitrogen and oxygen atoms in total. The lowest BCUT2D eigenvalue weighted by atomic mass is 9.98. The third kappa shape index (κ3) is 3.80. The van der Waals surface area contributed by atoms with Crippen molar-refractivity contribution < 1.29 is 9.13 Å². The maximum absolute atomic E-state index is 15.0. The number of hydrogen-bond acceptors (Lipinski definition) is 1. The molecule has 0 heterocycles. The van der Waals surface area contributed by atoms with Gasteiger partial charge >= 0.3 is 0 Å². The second kappa shape index (κ2) is 7.80. The number of aryl methyl sites for hydroxylation is 1. The fourth-order valence-corrected chi connectivity index (χ4v) is 2.87. The zero-order chi connectivity index (χ0) is 17.6. The minimum atomic E-state index is -0.187. The van der Waals surface area contributed by atoms with Crippen LogP contribution in [0.1, 0.15) is 12.0 Å². The van der Waals surface area contributed by atoms with Crippen LogP contribution in [-0.2, 0) is 6.42 Å². The van der Waals surface area contributed by atoms with Crippen molar-refractivity contribution >= 4 is 10.8 Å². The summed E-state index contributed by atoms with van der Waals surface area (Å²) in [5.41, 5.74) is 2.63. The molecule has 2 heteroatoms. The Balaban J connectivity index is 1.93. The molecular weight excluding hydrogens is 311 g/mol. The molecule has 0 radical (unpaired) electrons. The molecule has 3 aromatic carbocycles. The highest BCUT2D eigenvalue weighted by Crippen LogP contribution is 2.30. The van der Waals surface area contributed by atoms with Gasteiger partial charge in [-0.3, -0.25) is 0 Å². The molecule has 25 heavy (non-hydrogen) atoms. The molecule has 0 N–H and O–H groups in total. The number of halogens is 1. The van der Waals surface area contributed by atoms with Crippen LogP contribution in [0.4, 0.5) is 4.39 Å². The molecule has 0 aliphatic heterocycles. The SMILES string of the molecule is C=CCCc1ccc2c(F)c(-c3ccc(OCC=C)cc3)ccc2c1. The van der Waals surface area contributed by atoms with Gasteiger partial charge in [0.05, 0.1) is 0 Å². The molecule has 0 bridgehead atoms. The van der Waals surface area contributed by atoms with Crippen molar-refractivity contribution in [2.24, 2.45) is 0 Å². The van der Waals surface area contributed by atoms with Crippen LogP contribution >= 0.6 is 0 Å². The summed E-state index contributed by atoms with van der Waals surface area (Å²) in [5.74, 6) is 0.559. The van der Waals surface area contributed by atoms with Crippen LogP contribution in [0.25, 0.3) is 21.9 Å². The van der Waals surface area contributed by atoms with E-state index >= 15 is 0 Å². The summed E-state index contributed by atoms with van der Waals surface area (Å²) < 4.78 is 20.5. The maximum atomic E-state index is 15.0. The molecule has 0 fully saturated rings. The van der Waals surface area contributed by atoms with E-state index in [-0.39, 0.29) is 5.82 Å². The Bertz CT molecular complexity index is 894. The van der Waals surface area contributed by atoms with E-state index in [0.717, 1.165) is 29.5 Å².